The van der Waals surface area contributed by atoms with E-state index in [1.807, 2.05) is 6.92 Å². The number of benzene rings is 1. The maximum atomic E-state index is 13.4. The zero-order valence-electron chi connectivity index (χ0n) is 13.1. The van der Waals surface area contributed by atoms with Gasteiger partial charge in [0.25, 0.3) is 0 Å². The Bertz CT molecular complexity index is 634. The molecule has 0 aliphatic carbocycles. The number of likely N-dealkylation sites (tertiary alicyclic amines) is 1. The normalized spacial score (nSPS) is 27.3. The monoisotopic (exact) mass is 320 g/mol. The number of rotatable bonds is 2. The van der Waals surface area contributed by atoms with Crippen LogP contribution in [-0.4, -0.2) is 41.0 Å². The number of piperidine rings is 1. The summed E-state index contributed by atoms with van der Waals surface area (Å²) in [5.74, 6) is -1.33. The molecule has 1 saturated heterocycles. The molecule has 0 radical (unpaired) electrons. The van der Waals surface area contributed by atoms with E-state index in [-0.39, 0.29) is 36.8 Å². The molecule has 0 aromatic heterocycles. The summed E-state index contributed by atoms with van der Waals surface area (Å²) in [5, 5.41) is 12.0. The largest absolute Gasteiger partial charge is 0.396 e. The minimum absolute atomic E-state index is 0.0590. The van der Waals surface area contributed by atoms with Crippen molar-refractivity contribution in [2.45, 2.75) is 38.1 Å². The maximum absolute atomic E-state index is 13.4. The lowest BCUT2D eigenvalue weighted by atomic mass is 9.86. The van der Waals surface area contributed by atoms with Crippen LogP contribution < -0.4 is 5.32 Å². The number of hydrogen-bond donors (Lipinski definition) is 2. The highest BCUT2D eigenvalue weighted by atomic mass is 19.1. The summed E-state index contributed by atoms with van der Waals surface area (Å²) in [7, 11) is 0. The third-order valence-corrected chi connectivity index (χ3v) is 4.87. The van der Waals surface area contributed by atoms with Gasteiger partial charge in [-0.05, 0) is 43.4 Å². The smallest absolute Gasteiger partial charge is 0.230 e. The van der Waals surface area contributed by atoms with Crippen LogP contribution in [0.25, 0.3) is 0 Å². The van der Waals surface area contributed by atoms with Gasteiger partial charge in [-0.1, -0.05) is 6.07 Å². The number of amides is 2. The molecule has 0 bridgehead atoms. The molecular formula is C17H21FN2O3. The molecule has 1 aromatic rings. The minimum Gasteiger partial charge on any atom is -0.396 e. The number of nitrogens with zero attached hydrogens (tertiary/aromatic N) is 1. The van der Waals surface area contributed by atoms with Crippen LogP contribution in [-0.2, 0) is 9.59 Å². The highest BCUT2D eigenvalue weighted by Crippen LogP contribution is 2.35. The molecule has 2 N–H and O–H groups in total. The quantitative estimate of drug-likeness (QED) is 0.874. The third kappa shape index (κ3) is 3.08. The number of aliphatic hydroxyl groups is 1. The molecule has 2 aliphatic rings. The lowest BCUT2D eigenvalue weighted by molar-refractivity contribution is -0.139. The number of fused-ring (bicyclic) bond motifs is 1. The molecule has 0 spiro atoms. The molecule has 1 fully saturated rings. The zero-order valence-corrected chi connectivity index (χ0v) is 13.1. The Morgan fingerprint density at radius 1 is 1.43 bits per heavy atom. The van der Waals surface area contributed by atoms with Crippen molar-refractivity contribution in [1.82, 2.24) is 4.90 Å². The Balaban J connectivity index is 1.89. The van der Waals surface area contributed by atoms with Crippen LogP contribution in [0.2, 0.25) is 0 Å². The van der Waals surface area contributed by atoms with Crippen molar-refractivity contribution in [1.29, 1.82) is 0 Å². The lowest BCUT2D eigenvalue weighted by Crippen LogP contribution is -2.49. The summed E-state index contributed by atoms with van der Waals surface area (Å²) in [4.78, 5) is 26.6. The van der Waals surface area contributed by atoms with Crippen LogP contribution in [0.4, 0.5) is 10.1 Å². The number of halogens is 1. The second kappa shape index (κ2) is 6.28. The molecule has 23 heavy (non-hydrogen) atoms. The van der Waals surface area contributed by atoms with Crippen molar-refractivity contribution in [2.24, 2.45) is 5.92 Å². The molecule has 3 rings (SSSR count). The summed E-state index contributed by atoms with van der Waals surface area (Å²) in [5.41, 5.74) is 1.04. The summed E-state index contributed by atoms with van der Waals surface area (Å²) < 4.78 is 13.4. The number of nitrogens with one attached hydrogen (secondary N) is 1. The maximum Gasteiger partial charge on any atom is 0.230 e. The van der Waals surface area contributed by atoms with Gasteiger partial charge in [0, 0.05) is 31.3 Å². The Labute approximate surface area is 134 Å². The Hall–Kier alpha value is -1.95. The first kappa shape index (κ1) is 15.9. The zero-order chi connectivity index (χ0) is 16.6. The van der Waals surface area contributed by atoms with Crippen LogP contribution in [0.15, 0.2) is 18.2 Å². The summed E-state index contributed by atoms with van der Waals surface area (Å²) in [6.45, 7) is 2.55. The number of aliphatic hydroxyl groups excluding tert-OH is 1. The van der Waals surface area contributed by atoms with E-state index in [0.29, 0.717) is 17.8 Å². The van der Waals surface area contributed by atoms with Crippen molar-refractivity contribution < 1.29 is 19.1 Å². The van der Waals surface area contributed by atoms with Gasteiger partial charge in [0.1, 0.15) is 5.82 Å². The Morgan fingerprint density at radius 2 is 2.22 bits per heavy atom. The predicted molar refractivity (Wildman–Crippen MR) is 83.4 cm³/mol. The highest BCUT2D eigenvalue weighted by molar-refractivity contribution is 6.01. The van der Waals surface area contributed by atoms with E-state index in [4.69, 9.17) is 0 Å². The van der Waals surface area contributed by atoms with Gasteiger partial charge >= 0.3 is 0 Å². The van der Waals surface area contributed by atoms with Gasteiger partial charge in [0.2, 0.25) is 11.8 Å². The van der Waals surface area contributed by atoms with Gasteiger partial charge in [-0.25, -0.2) is 4.39 Å². The first-order valence-electron chi connectivity index (χ1n) is 8.00. The topological polar surface area (TPSA) is 69.6 Å². The fourth-order valence-electron chi connectivity index (χ4n) is 3.50. The highest BCUT2D eigenvalue weighted by Gasteiger charge is 2.37. The lowest BCUT2D eigenvalue weighted by Gasteiger charge is -2.40. The van der Waals surface area contributed by atoms with Crippen LogP contribution in [0.3, 0.4) is 0 Å². The van der Waals surface area contributed by atoms with Crippen LogP contribution in [0.1, 0.15) is 37.7 Å². The number of carbonyl (C=O) groups is 2. The van der Waals surface area contributed by atoms with Crippen LogP contribution in [0.5, 0.6) is 0 Å². The molecule has 3 atom stereocenters. The van der Waals surface area contributed by atoms with Crippen molar-refractivity contribution in [3.63, 3.8) is 0 Å². The van der Waals surface area contributed by atoms with E-state index in [1.165, 1.54) is 12.1 Å². The van der Waals surface area contributed by atoms with Crippen molar-refractivity contribution in [3.8, 4) is 0 Å². The summed E-state index contributed by atoms with van der Waals surface area (Å²) in [6.07, 6.45) is 1.81. The molecule has 124 valence electrons. The van der Waals surface area contributed by atoms with E-state index < -0.39 is 11.7 Å². The minimum atomic E-state index is -0.584. The Morgan fingerprint density at radius 3 is 2.96 bits per heavy atom. The van der Waals surface area contributed by atoms with Gasteiger partial charge in [-0.15, -0.1) is 0 Å². The van der Waals surface area contributed by atoms with Gasteiger partial charge in [0.15, 0.2) is 0 Å². The van der Waals surface area contributed by atoms with E-state index in [9.17, 15) is 19.1 Å². The molecular weight excluding hydrogens is 299 g/mol. The fraction of sp³-hybridized carbons (Fsp3) is 0.529. The second-order valence-electron chi connectivity index (χ2n) is 6.50. The van der Waals surface area contributed by atoms with E-state index in [0.717, 1.165) is 12.8 Å². The van der Waals surface area contributed by atoms with Gasteiger partial charge < -0.3 is 15.3 Å². The first-order valence-corrected chi connectivity index (χ1v) is 8.00. The van der Waals surface area contributed by atoms with Crippen LogP contribution in [0, 0.1) is 11.7 Å². The van der Waals surface area contributed by atoms with E-state index in [1.54, 1.807) is 11.0 Å². The molecule has 2 amide bonds. The molecule has 1 aromatic carbocycles. The van der Waals surface area contributed by atoms with E-state index in [2.05, 4.69) is 5.32 Å². The van der Waals surface area contributed by atoms with Gasteiger partial charge in [-0.2, -0.15) is 0 Å². The van der Waals surface area contributed by atoms with Crippen molar-refractivity contribution >= 4 is 17.5 Å². The summed E-state index contributed by atoms with van der Waals surface area (Å²) in [6, 6.07) is 4.22. The SMILES string of the molecule is CC1CCC(CO)CN1C(=O)C1CC(=O)Nc2cc(F)ccc21. The number of hydrogen-bond acceptors (Lipinski definition) is 3. The first-order chi connectivity index (χ1) is 11.0. The second-order valence-corrected chi connectivity index (χ2v) is 6.50. The summed E-state index contributed by atoms with van der Waals surface area (Å²) >= 11 is 0. The number of anilines is 1. The number of carbonyl (C=O) groups excluding carboxylic acids is 2. The molecule has 2 aliphatic heterocycles. The average Bonchev–Trinajstić information content (AvgIpc) is 2.53. The predicted octanol–water partition coefficient (Wildman–Crippen LogP) is 1.87. The molecule has 2 heterocycles. The van der Waals surface area contributed by atoms with E-state index >= 15 is 0 Å². The van der Waals surface area contributed by atoms with Gasteiger partial charge in [-0.3, -0.25) is 9.59 Å². The van der Waals surface area contributed by atoms with Gasteiger partial charge in [0.05, 0.1) is 5.92 Å². The van der Waals surface area contributed by atoms with Crippen molar-refractivity contribution in [3.05, 3.63) is 29.6 Å². The van der Waals surface area contributed by atoms with Crippen LogP contribution >= 0.6 is 0 Å². The fourth-order valence-corrected chi connectivity index (χ4v) is 3.50. The standard InChI is InChI=1S/C17H21FN2O3/c1-10-2-3-11(9-21)8-20(10)17(23)14-7-16(22)19-15-6-12(18)4-5-13(14)15/h4-6,10-11,14,21H,2-3,7-9H2,1H3,(H,19,22). The Kier molecular flexibility index (Phi) is 4.35. The molecule has 0 saturated carbocycles. The third-order valence-electron chi connectivity index (χ3n) is 4.87. The molecule has 3 unspecified atom stereocenters. The molecule has 6 heteroatoms. The molecule has 5 nitrogen and oxygen atoms in total. The average molecular weight is 320 g/mol. The van der Waals surface area contributed by atoms with Crippen molar-refractivity contribution in [2.75, 3.05) is 18.5 Å².